The maximum absolute atomic E-state index is 6.43. The van der Waals surface area contributed by atoms with Crippen molar-refractivity contribution in [2.75, 3.05) is 5.32 Å². The van der Waals surface area contributed by atoms with E-state index in [1.807, 2.05) is 6.07 Å². The topological polar surface area (TPSA) is 25.2 Å². The lowest BCUT2D eigenvalue weighted by Gasteiger charge is -2.30. The second-order valence-electron chi connectivity index (χ2n) is 13.7. The molecular formula is C49H31NO. The molecule has 238 valence electrons. The van der Waals surface area contributed by atoms with Gasteiger partial charge in [0.05, 0.1) is 5.41 Å². The number of hydrogen-bond acceptors (Lipinski definition) is 2. The highest BCUT2D eigenvalue weighted by Crippen LogP contribution is 2.63. The highest BCUT2D eigenvalue weighted by molar-refractivity contribution is 6.10. The van der Waals surface area contributed by atoms with Crippen LogP contribution in [0.3, 0.4) is 0 Å². The zero-order valence-electron chi connectivity index (χ0n) is 27.7. The summed E-state index contributed by atoms with van der Waals surface area (Å²) >= 11 is 0. The molecule has 0 unspecified atom stereocenters. The van der Waals surface area contributed by atoms with Crippen molar-refractivity contribution in [1.29, 1.82) is 0 Å². The second kappa shape index (κ2) is 10.7. The third-order valence-corrected chi connectivity index (χ3v) is 11.1. The van der Waals surface area contributed by atoms with Crippen molar-refractivity contribution in [2.24, 2.45) is 0 Å². The molecule has 0 saturated carbocycles. The molecule has 0 atom stereocenters. The molecule has 2 aliphatic carbocycles. The van der Waals surface area contributed by atoms with E-state index in [0.717, 1.165) is 50.0 Å². The standard InChI is InChI=1S/C49H31NO/c1-2-11-32(12-3-1)36-16-10-17-41-42-29-33(23-28-47(42)51-48(36)41)31-21-24-34(25-22-31)50-35-26-27-40-39-15-6-9-20-45(39)49(46(40)30-35)43-18-7-4-13-37(43)38-14-5-8-19-44(38)49/h1-30,50H. The largest absolute Gasteiger partial charge is 0.455 e. The minimum Gasteiger partial charge on any atom is -0.455 e. The van der Waals surface area contributed by atoms with Gasteiger partial charge in [-0.2, -0.15) is 0 Å². The Kier molecular flexibility index (Phi) is 5.91. The van der Waals surface area contributed by atoms with E-state index in [1.54, 1.807) is 0 Å². The van der Waals surface area contributed by atoms with Gasteiger partial charge < -0.3 is 9.73 Å². The van der Waals surface area contributed by atoms with E-state index < -0.39 is 0 Å². The Balaban J connectivity index is 0.958. The first-order valence-electron chi connectivity index (χ1n) is 17.6. The smallest absolute Gasteiger partial charge is 0.143 e. The van der Waals surface area contributed by atoms with E-state index in [1.165, 1.54) is 50.1 Å². The minimum absolute atomic E-state index is 0.349. The SMILES string of the molecule is c1ccc(-c2cccc3c2oc2ccc(-c4ccc(Nc5ccc6c(c5)C5(c7ccccc7-c7ccccc75)c5ccccc5-6)cc4)cc23)cc1. The lowest BCUT2D eigenvalue weighted by Crippen LogP contribution is -2.25. The molecule has 1 heterocycles. The molecule has 51 heavy (non-hydrogen) atoms. The maximum atomic E-state index is 6.43. The summed E-state index contributed by atoms with van der Waals surface area (Å²) < 4.78 is 6.43. The normalized spacial score (nSPS) is 13.3. The molecule has 0 radical (unpaired) electrons. The Labute approximate surface area is 296 Å². The summed E-state index contributed by atoms with van der Waals surface area (Å²) in [5, 5.41) is 6.01. The van der Waals surface area contributed by atoms with Gasteiger partial charge in [-0.3, -0.25) is 0 Å². The summed E-state index contributed by atoms with van der Waals surface area (Å²) in [7, 11) is 0. The fourth-order valence-electron chi connectivity index (χ4n) is 8.91. The average molecular weight is 650 g/mol. The number of para-hydroxylation sites is 1. The van der Waals surface area contributed by atoms with E-state index in [9.17, 15) is 0 Å². The molecule has 2 nitrogen and oxygen atoms in total. The fraction of sp³-hybridized carbons (Fsp3) is 0.0204. The second-order valence-corrected chi connectivity index (χ2v) is 13.7. The summed E-state index contributed by atoms with van der Waals surface area (Å²) in [4.78, 5) is 0. The van der Waals surface area contributed by atoms with Gasteiger partial charge in [0.25, 0.3) is 0 Å². The molecular weight excluding hydrogens is 619 g/mol. The van der Waals surface area contributed by atoms with Crippen molar-refractivity contribution in [3.63, 3.8) is 0 Å². The third kappa shape index (κ3) is 3.99. The van der Waals surface area contributed by atoms with Crippen LogP contribution in [0.1, 0.15) is 22.3 Å². The highest BCUT2D eigenvalue weighted by atomic mass is 16.3. The van der Waals surface area contributed by atoms with Gasteiger partial charge in [0.1, 0.15) is 11.2 Å². The predicted molar refractivity (Wildman–Crippen MR) is 211 cm³/mol. The molecule has 8 aromatic carbocycles. The molecule has 0 aliphatic heterocycles. The van der Waals surface area contributed by atoms with Crippen molar-refractivity contribution in [3.05, 3.63) is 204 Å². The Morgan fingerprint density at radius 3 is 1.61 bits per heavy atom. The molecule has 0 amide bonds. The van der Waals surface area contributed by atoms with Crippen molar-refractivity contribution in [3.8, 4) is 44.5 Å². The van der Waals surface area contributed by atoms with Gasteiger partial charge >= 0.3 is 0 Å². The van der Waals surface area contributed by atoms with Crippen LogP contribution in [-0.2, 0) is 5.41 Å². The van der Waals surface area contributed by atoms with E-state index >= 15 is 0 Å². The van der Waals surface area contributed by atoms with Gasteiger partial charge in [-0.05, 0) is 97.6 Å². The average Bonchev–Trinajstić information content (AvgIpc) is 3.82. The third-order valence-electron chi connectivity index (χ3n) is 11.1. The van der Waals surface area contributed by atoms with Gasteiger partial charge in [-0.15, -0.1) is 0 Å². The van der Waals surface area contributed by atoms with Crippen LogP contribution in [0.4, 0.5) is 11.4 Å². The van der Waals surface area contributed by atoms with Crippen molar-refractivity contribution < 1.29 is 4.42 Å². The number of anilines is 2. The lowest BCUT2D eigenvalue weighted by atomic mass is 9.70. The number of fused-ring (bicyclic) bond motifs is 13. The molecule has 0 bridgehead atoms. The van der Waals surface area contributed by atoms with E-state index in [0.29, 0.717) is 0 Å². The van der Waals surface area contributed by atoms with E-state index in [4.69, 9.17) is 4.42 Å². The van der Waals surface area contributed by atoms with Crippen molar-refractivity contribution in [1.82, 2.24) is 0 Å². The number of hydrogen-bond donors (Lipinski definition) is 1. The Hall–Kier alpha value is -6.64. The van der Waals surface area contributed by atoms with Crippen LogP contribution in [0, 0.1) is 0 Å². The van der Waals surface area contributed by atoms with Crippen molar-refractivity contribution in [2.45, 2.75) is 5.41 Å². The maximum Gasteiger partial charge on any atom is 0.143 e. The first kappa shape index (κ1) is 28.2. The number of furan rings is 1. The molecule has 0 saturated heterocycles. The Morgan fingerprint density at radius 1 is 0.353 bits per heavy atom. The summed E-state index contributed by atoms with van der Waals surface area (Å²) in [6, 6.07) is 65.9. The van der Waals surface area contributed by atoms with Crippen LogP contribution in [0.15, 0.2) is 186 Å². The van der Waals surface area contributed by atoms with Gasteiger partial charge in [-0.1, -0.05) is 146 Å². The van der Waals surface area contributed by atoms with Crippen LogP contribution >= 0.6 is 0 Å². The molecule has 11 rings (SSSR count). The summed E-state index contributed by atoms with van der Waals surface area (Å²) in [5.74, 6) is 0. The Bertz CT molecular complexity index is 2760. The summed E-state index contributed by atoms with van der Waals surface area (Å²) in [6.07, 6.45) is 0. The monoisotopic (exact) mass is 649 g/mol. The molecule has 2 heteroatoms. The lowest BCUT2D eigenvalue weighted by molar-refractivity contribution is 0.670. The summed E-state index contributed by atoms with van der Waals surface area (Å²) in [6.45, 7) is 0. The fourth-order valence-corrected chi connectivity index (χ4v) is 8.91. The Morgan fingerprint density at radius 2 is 0.922 bits per heavy atom. The minimum atomic E-state index is -0.349. The van der Waals surface area contributed by atoms with E-state index in [2.05, 4.69) is 181 Å². The van der Waals surface area contributed by atoms with E-state index in [-0.39, 0.29) is 5.41 Å². The van der Waals surface area contributed by atoms with Crippen LogP contribution in [0.2, 0.25) is 0 Å². The van der Waals surface area contributed by atoms with Gasteiger partial charge in [0.15, 0.2) is 0 Å². The number of benzene rings is 8. The zero-order chi connectivity index (χ0) is 33.5. The molecule has 1 spiro atoms. The first-order chi connectivity index (χ1) is 25.3. The molecule has 2 aliphatic rings. The van der Waals surface area contributed by atoms with Crippen LogP contribution in [-0.4, -0.2) is 0 Å². The first-order valence-corrected chi connectivity index (χ1v) is 17.6. The van der Waals surface area contributed by atoms with Crippen molar-refractivity contribution >= 4 is 33.3 Å². The van der Waals surface area contributed by atoms with Gasteiger partial charge in [0.2, 0.25) is 0 Å². The van der Waals surface area contributed by atoms with Crippen LogP contribution in [0.25, 0.3) is 66.4 Å². The zero-order valence-corrected chi connectivity index (χ0v) is 27.7. The molecule has 9 aromatic rings. The van der Waals surface area contributed by atoms with Gasteiger partial charge in [-0.25, -0.2) is 0 Å². The highest BCUT2D eigenvalue weighted by Gasteiger charge is 2.51. The molecule has 0 fully saturated rings. The summed E-state index contributed by atoms with van der Waals surface area (Å²) in [5.41, 5.74) is 18.9. The van der Waals surface area contributed by atoms with Crippen LogP contribution < -0.4 is 5.32 Å². The van der Waals surface area contributed by atoms with Gasteiger partial charge in [0, 0.05) is 27.7 Å². The predicted octanol–water partition coefficient (Wildman–Crippen LogP) is 13.0. The molecule has 1 N–H and O–H groups in total. The number of nitrogens with one attached hydrogen (secondary N) is 1. The molecule has 1 aromatic heterocycles. The van der Waals surface area contributed by atoms with Crippen LogP contribution in [0.5, 0.6) is 0 Å². The number of rotatable bonds is 4. The quantitative estimate of drug-likeness (QED) is 0.205.